The molecule has 8 nitrogen and oxygen atoms in total. The third-order valence-electron chi connectivity index (χ3n) is 5.69. The van der Waals surface area contributed by atoms with Gasteiger partial charge in [0.1, 0.15) is 12.1 Å². The number of H-pyrrole nitrogens is 1. The number of carbonyl (C=O) groups excluding carboxylic acids is 3. The molecule has 0 bridgehead atoms. The number of ether oxygens (including phenoxy) is 2. The molecule has 1 aromatic carbocycles. The number of aromatic amines is 1. The highest BCUT2D eigenvalue weighted by molar-refractivity contribution is 5.87. The number of unbranched alkanes of at least 4 members (excludes halogenated alkanes) is 4. The zero-order valence-electron chi connectivity index (χ0n) is 20.4. The van der Waals surface area contributed by atoms with Crippen molar-refractivity contribution in [2.75, 3.05) is 13.2 Å². The van der Waals surface area contributed by atoms with Crippen molar-refractivity contribution in [2.24, 2.45) is 5.73 Å². The lowest BCUT2D eigenvalue weighted by atomic mass is 10.0. The number of hydrogen-bond donors (Lipinski definition) is 3. The summed E-state index contributed by atoms with van der Waals surface area (Å²) in [6.07, 6.45) is 7.89. The number of nitrogens with two attached hydrogens (primary N) is 1. The Morgan fingerprint density at radius 3 is 2.29 bits per heavy atom. The maximum atomic E-state index is 12.8. The maximum Gasteiger partial charge on any atom is 0.328 e. The lowest BCUT2D eigenvalue weighted by molar-refractivity contribution is -0.148. The molecule has 188 valence electrons. The molecule has 1 heterocycles. The van der Waals surface area contributed by atoms with Crippen molar-refractivity contribution in [3.05, 3.63) is 36.0 Å². The van der Waals surface area contributed by atoms with Gasteiger partial charge in [0.05, 0.1) is 13.2 Å². The van der Waals surface area contributed by atoms with Crippen LogP contribution in [0.1, 0.15) is 70.8 Å². The number of aromatic nitrogens is 1. The van der Waals surface area contributed by atoms with E-state index < -0.39 is 24.0 Å². The second-order valence-corrected chi connectivity index (χ2v) is 8.58. The van der Waals surface area contributed by atoms with Crippen molar-refractivity contribution >= 4 is 28.7 Å². The van der Waals surface area contributed by atoms with Gasteiger partial charge in [0.15, 0.2) is 0 Å². The Kier molecular flexibility index (Phi) is 12.2. The van der Waals surface area contributed by atoms with Gasteiger partial charge in [-0.2, -0.15) is 0 Å². The van der Waals surface area contributed by atoms with Crippen LogP contribution < -0.4 is 11.1 Å². The van der Waals surface area contributed by atoms with Crippen molar-refractivity contribution < 1.29 is 23.9 Å². The highest BCUT2D eigenvalue weighted by Gasteiger charge is 2.25. The van der Waals surface area contributed by atoms with E-state index in [2.05, 4.69) is 24.1 Å². The summed E-state index contributed by atoms with van der Waals surface area (Å²) < 4.78 is 10.6. The molecule has 0 radical (unpaired) electrons. The molecule has 8 heteroatoms. The molecule has 2 aromatic rings. The zero-order valence-corrected chi connectivity index (χ0v) is 20.4. The van der Waals surface area contributed by atoms with Gasteiger partial charge in [-0.05, 0) is 30.9 Å². The number of nitrogens with one attached hydrogen (secondary N) is 2. The first-order valence-electron chi connectivity index (χ1n) is 12.4. The van der Waals surface area contributed by atoms with Crippen molar-refractivity contribution in [1.29, 1.82) is 0 Å². The molecule has 4 N–H and O–H groups in total. The normalized spacial score (nSPS) is 12.8. The molecule has 0 unspecified atom stereocenters. The number of fused-ring (bicyclic) bond motifs is 1. The standard InChI is InChI=1S/C26H39N3O5/c1-3-5-9-15-33-25(31)21(27)13-14-24(30)29-23(26(32)34-16-10-6-4-2)17-19-18-28-22-12-8-7-11-20(19)22/h7-8,11-12,18,21,23,28H,3-6,9-10,13-17,27H2,1-2H3,(H,29,30)/t21-,23+/m1/s1. The highest BCUT2D eigenvalue weighted by Crippen LogP contribution is 2.19. The van der Waals surface area contributed by atoms with E-state index >= 15 is 0 Å². The van der Waals surface area contributed by atoms with Crippen LogP contribution >= 0.6 is 0 Å². The fourth-order valence-electron chi connectivity index (χ4n) is 3.64. The number of amides is 1. The topological polar surface area (TPSA) is 124 Å². The third kappa shape index (κ3) is 9.17. The van der Waals surface area contributed by atoms with Gasteiger partial charge in [0.25, 0.3) is 0 Å². The first-order chi connectivity index (χ1) is 16.5. The summed E-state index contributed by atoms with van der Waals surface area (Å²) in [5, 5.41) is 3.77. The van der Waals surface area contributed by atoms with Crippen LogP contribution in [0.15, 0.2) is 30.5 Å². The summed E-state index contributed by atoms with van der Waals surface area (Å²) in [5.41, 5.74) is 7.76. The molecule has 0 aliphatic carbocycles. The fourth-order valence-corrected chi connectivity index (χ4v) is 3.64. The summed E-state index contributed by atoms with van der Waals surface area (Å²) in [7, 11) is 0. The van der Waals surface area contributed by atoms with Crippen LogP contribution in [0.5, 0.6) is 0 Å². The lowest BCUT2D eigenvalue weighted by Gasteiger charge is -2.18. The molecule has 0 fully saturated rings. The molecular formula is C26H39N3O5. The van der Waals surface area contributed by atoms with Gasteiger partial charge in [-0.15, -0.1) is 0 Å². The number of para-hydroxylation sites is 1. The summed E-state index contributed by atoms with van der Waals surface area (Å²) in [6.45, 7) is 4.80. The van der Waals surface area contributed by atoms with Crippen LogP contribution in [0.25, 0.3) is 10.9 Å². The summed E-state index contributed by atoms with van der Waals surface area (Å²) in [4.78, 5) is 40.6. The van der Waals surface area contributed by atoms with E-state index in [4.69, 9.17) is 15.2 Å². The predicted molar refractivity (Wildman–Crippen MR) is 132 cm³/mol. The van der Waals surface area contributed by atoms with Crippen LogP contribution in [0.3, 0.4) is 0 Å². The van der Waals surface area contributed by atoms with Crippen LogP contribution in [-0.4, -0.2) is 48.1 Å². The van der Waals surface area contributed by atoms with Crippen LogP contribution in [-0.2, 0) is 30.3 Å². The maximum absolute atomic E-state index is 12.8. The van der Waals surface area contributed by atoms with Crippen LogP contribution in [0.4, 0.5) is 0 Å². The van der Waals surface area contributed by atoms with Gasteiger partial charge >= 0.3 is 11.9 Å². The van der Waals surface area contributed by atoms with E-state index in [1.165, 1.54) is 0 Å². The fraction of sp³-hybridized carbons (Fsp3) is 0.577. The van der Waals surface area contributed by atoms with Gasteiger partial charge in [-0.3, -0.25) is 9.59 Å². The lowest BCUT2D eigenvalue weighted by Crippen LogP contribution is -2.44. The molecule has 1 aromatic heterocycles. The zero-order chi connectivity index (χ0) is 24.8. The Morgan fingerprint density at radius 1 is 0.971 bits per heavy atom. The molecule has 0 aliphatic heterocycles. The molecule has 0 saturated carbocycles. The van der Waals surface area contributed by atoms with E-state index in [9.17, 15) is 14.4 Å². The van der Waals surface area contributed by atoms with Gasteiger partial charge in [-0.25, -0.2) is 4.79 Å². The smallest absolute Gasteiger partial charge is 0.328 e. The SMILES string of the molecule is CCCCCOC(=O)[C@H](N)CCC(=O)N[C@@H](Cc1c[nH]c2ccccc12)C(=O)OCCCCC. The monoisotopic (exact) mass is 473 g/mol. The molecule has 0 aliphatic rings. The van der Waals surface area contributed by atoms with Crippen LogP contribution in [0, 0.1) is 0 Å². The molecule has 0 saturated heterocycles. The van der Waals surface area contributed by atoms with Crippen molar-refractivity contribution in [2.45, 2.75) is 83.7 Å². The van der Waals surface area contributed by atoms with E-state index in [0.717, 1.165) is 55.0 Å². The van der Waals surface area contributed by atoms with E-state index in [1.807, 2.05) is 30.5 Å². The number of carbonyl (C=O) groups is 3. The van der Waals surface area contributed by atoms with Crippen LogP contribution in [0.2, 0.25) is 0 Å². The molecular weight excluding hydrogens is 434 g/mol. The van der Waals surface area contributed by atoms with Crippen molar-refractivity contribution in [3.63, 3.8) is 0 Å². The Bertz CT molecular complexity index is 911. The first-order valence-corrected chi connectivity index (χ1v) is 12.4. The first kappa shape index (κ1) is 27.4. The number of rotatable bonds is 16. The molecule has 2 rings (SSSR count). The van der Waals surface area contributed by atoms with Gasteiger partial charge in [-0.1, -0.05) is 57.7 Å². The van der Waals surface area contributed by atoms with Gasteiger partial charge in [0.2, 0.25) is 5.91 Å². The Morgan fingerprint density at radius 2 is 1.62 bits per heavy atom. The second-order valence-electron chi connectivity index (χ2n) is 8.58. The third-order valence-corrected chi connectivity index (χ3v) is 5.69. The van der Waals surface area contributed by atoms with E-state index in [-0.39, 0.29) is 18.7 Å². The second kappa shape index (κ2) is 15.1. The largest absolute Gasteiger partial charge is 0.465 e. The molecule has 2 atom stereocenters. The Labute approximate surface area is 201 Å². The Balaban J connectivity index is 1.93. The number of benzene rings is 1. The highest BCUT2D eigenvalue weighted by atomic mass is 16.5. The van der Waals surface area contributed by atoms with E-state index in [0.29, 0.717) is 19.6 Å². The van der Waals surface area contributed by atoms with Crippen molar-refractivity contribution in [1.82, 2.24) is 10.3 Å². The summed E-state index contributed by atoms with van der Waals surface area (Å²) >= 11 is 0. The molecule has 34 heavy (non-hydrogen) atoms. The number of esters is 2. The minimum atomic E-state index is -0.875. The summed E-state index contributed by atoms with van der Waals surface area (Å²) in [6, 6.07) is 6.09. The minimum absolute atomic E-state index is 0.0126. The van der Waals surface area contributed by atoms with Gasteiger partial charge < -0.3 is 25.5 Å². The average molecular weight is 474 g/mol. The Hall–Kier alpha value is -2.87. The minimum Gasteiger partial charge on any atom is -0.465 e. The average Bonchev–Trinajstić information content (AvgIpc) is 3.25. The quantitative estimate of drug-likeness (QED) is 0.252. The molecule has 0 spiro atoms. The number of hydrogen-bond acceptors (Lipinski definition) is 6. The summed E-state index contributed by atoms with van der Waals surface area (Å²) in [5.74, 6) is -1.33. The van der Waals surface area contributed by atoms with E-state index in [1.54, 1.807) is 0 Å². The molecule has 1 amide bonds. The van der Waals surface area contributed by atoms with Crippen molar-refractivity contribution in [3.8, 4) is 0 Å². The predicted octanol–water partition coefficient (Wildman–Crippen LogP) is 3.77. The van der Waals surface area contributed by atoms with Gasteiger partial charge in [0, 0.05) is 29.9 Å².